The van der Waals surface area contributed by atoms with Crippen molar-refractivity contribution in [1.29, 1.82) is 0 Å². The lowest BCUT2D eigenvalue weighted by Crippen LogP contribution is -2.43. The second-order valence-corrected chi connectivity index (χ2v) is 6.30. The first kappa shape index (κ1) is 18.3. The fraction of sp³-hybridized carbons (Fsp3) is 0.812. The van der Waals surface area contributed by atoms with Gasteiger partial charge in [0, 0.05) is 24.8 Å². The Balaban J connectivity index is 2.00. The SMILES string of the molecule is CCc1nn(C)c(CC)c1CN1CCC(C(O)C(F)(F)F)CC1. The highest BCUT2D eigenvalue weighted by atomic mass is 19.4. The molecule has 1 fully saturated rings. The number of aromatic nitrogens is 2. The third-order valence-electron chi connectivity index (χ3n) is 4.82. The average molecular weight is 333 g/mol. The second kappa shape index (κ2) is 7.21. The molecular weight excluding hydrogens is 307 g/mol. The van der Waals surface area contributed by atoms with Crippen molar-refractivity contribution in [3.05, 3.63) is 17.0 Å². The molecule has 1 unspecified atom stereocenters. The Labute approximate surface area is 135 Å². The first-order chi connectivity index (χ1) is 10.8. The van der Waals surface area contributed by atoms with Gasteiger partial charge in [-0.2, -0.15) is 18.3 Å². The van der Waals surface area contributed by atoms with Gasteiger partial charge in [-0.1, -0.05) is 13.8 Å². The lowest BCUT2D eigenvalue weighted by atomic mass is 9.90. The molecule has 0 aliphatic carbocycles. The largest absolute Gasteiger partial charge is 0.414 e. The van der Waals surface area contributed by atoms with Gasteiger partial charge in [0.2, 0.25) is 0 Å². The van der Waals surface area contributed by atoms with Gasteiger partial charge < -0.3 is 5.11 Å². The fourth-order valence-electron chi connectivity index (χ4n) is 3.49. The zero-order valence-electron chi connectivity index (χ0n) is 14.0. The van der Waals surface area contributed by atoms with Crippen LogP contribution in [0, 0.1) is 5.92 Å². The van der Waals surface area contributed by atoms with Gasteiger partial charge in [-0.05, 0) is 44.7 Å². The smallest absolute Gasteiger partial charge is 0.383 e. The van der Waals surface area contributed by atoms with Crippen LogP contribution in [0.2, 0.25) is 0 Å². The number of aryl methyl sites for hydroxylation is 2. The predicted molar refractivity (Wildman–Crippen MR) is 82.0 cm³/mol. The Hall–Kier alpha value is -1.08. The van der Waals surface area contributed by atoms with E-state index >= 15 is 0 Å². The molecule has 23 heavy (non-hydrogen) atoms. The van der Waals surface area contributed by atoms with E-state index in [9.17, 15) is 18.3 Å². The number of hydrogen-bond acceptors (Lipinski definition) is 3. The molecule has 0 amide bonds. The van der Waals surface area contributed by atoms with E-state index in [1.807, 2.05) is 11.7 Å². The number of alkyl halides is 3. The molecule has 4 nitrogen and oxygen atoms in total. The van der Waals surface area contributed by atoms with Crippen LogP contribution in [-0.2, 0) is 26.4 Å². The number of rotatable bonds is 5. The topological polar surface area (TPSA) is 41.3 Å². The highest BCUT2D eigenvalue weighted by Crippen LogP contribution is 2.32. The number of aliphatic hydroxyl groups excluding tert-OH is 1. The van der Waals surface area contributed by atoms with Crippen molar-refractivity contribution < 1.29 is 18.3 Å². The molecule has 0 radical (unpaired) electrons. The average Bonchev–Trinajstić information content (AvgIpc) is 2.81. The van der Waals surface area contributed by atoms with Crippen molar-refractivity contribution in [2.45, 2.75) is 58.4 Å². The summed E-state index contributed by atoms with van der Waals surface area (Å²) in [4.78, 5) is 2.18. The molecule has 0 saturated carbocycles. The zero-order valence-corrected chi connectivity index (χ0v) is 14.0. The quantitative estimate of drug-likeness (QED) is 0.901. The minimum atomic E-state index is -4.51. The number of halogens is 3. The molecule has 0 bridgehead atoms. The van der Waals surface area contributed by atoms with Crippen LogP contribution < -0.4 is 0 Å². The molecule has 1 saturated heterocycles. The van der Waals surface area contributed by atoms with Gasteiger partial charge in [0.05, 0.1) is 5.69 Å². The summed E-state index contributed by atoms with van der Waals surface area (Å²) >= 11 is 0. The summed E-state index contributed by atoms with van der Waals surface area (Å²) in [6.07, 6.45) is -4.20. The number of likely N-dealkylation sites (tertiary alicyclic amines) is 1. The van der Waals surface area contributed by atoms with Gasteiger partial charge >= 0.3 is 6.18 Å². The van der Waals surface area contributed by atoms with E-state index in [4.69, 9.17) is 0 Å². The maximum Gasteiger partial charge on any atom is 0.414 e. The van der Waals surface area contributed by atoms with Gasteiger partial charge in [0.15, 0.2) is 6.10 Å². The lowest BCUT2D eigenvalue weighted by Gasteiger charge is -2.34. The summed E-state index contributed by atoms with van der Waals surface area (Å²) in [6.45, 7) is 6.05. The fourth-order valence-corrected chi connectivity index (χ4v) is 3.49. The van der Waals surface area contributed by atoms with Crippen LogP contribution in [0.4, 0.5) is 13.2 Å². The standard InChI is InChI=1S/C16H26F3N3O/c1-4-13-12(14(5-2)21(3)20-13)10-22-8-6-11(7-9-22)15(23)16(17,18)19/h11,15,23H,4-10H2,1-3H3. The second-order valence-electron chi connectivity index (χ2n) is 6.30. The Bertz CT molecular complexity index is 519. The zero-order chi connectivity index (χ0) is 17.2. The maximum atomic E-state index is 12.6. The maximum absolute atomic E-state index is 12.6. The molecule has 132 valence electrons. The summed E-state index contributed by atoms with van der Waals surface area (Å²) in [6, 6.07) is 0. The molecular formula is C16H26F3N3O. The predicted octanol–water partition coefficient (Wildman–Crippen LogP) is 2.68. The Morgan fingerprint density at radius 3 is 2.30 bits per heavy atom. The van der Waals surface area contributed by atoms with E-state index in [0.29, 0.717) is 25.9 Å². The van der Waals surface area contributed by atoms with Crippen molar-refractivity contribution >= 4 is 0 Å². The molecule has 0 aromatic carbocycles. The van der Waals surface area contributed by atoms with E-state index < -0.39 is 18.2 Å². The Morgan fingerprint density at radius 2 is 1.83 bits per heavy atom. The van der Waals surface area contributed by atoms with E-state index in [1.165, 1.54) is 11.3 Å². The Kier molecular flexibility index (Phi) is 5.73. The molecule has 2 heterocycles. The summed E-state index contributed by atoms with van der Waals surface area (Å²) in [7, 11) is 1.94. The van der Waals surface area contributed by atoms with E-state index in [0.717, 1.165) is 25.1 Å². The van der Waals surface area contributed by atoms with Crippen LogP contribution in [0.5, 0.6) is 0 Å². The highest BCUT2D eigenvalue weighted by molar-refractivity contribution is 5.26. The van der Waals surface area contributed by atoms with Gasteiger partial charge in [-0.3, -0.25) is 9.58 Å². The van der Waals surface area contributed by atoms with Crippen molar-refractivity contribution in [1.82, 2.24) is 14.7 Å². The summed E-state index contributed by atoms with van der Waals surface area (Å²) in [5.41, 5.74) is 3.48. The third kappa shape index (κ3) is 4.07. The molecule has 1 atom stereocenters. The van der Waals surface area contributed by atoms with Crippen molar-refractivity contribution in [2.75, 3.05) is 13.1 Å². The molecule has 2 rings (SSSR count). The minimum absolute atomic E-state index is 0.379. The molecule has 1 N–H and O–H groups in total. The summed E-state index contributed by atoms with van der Waals surface area (Å²) in [5, 5.41) is 13.9. The van der Waals surface area contributed by atoms with Gasteiger partial charge in [0.25, 0.3) is 0 Å². The van der Waals surface area contributed by atoms with Crippen LogP contribution in [0.25, 0.3) is 0 Å². The van der Waals surface area contributed by atoms with Crippen LogP contribution in [0.3, 0.4) is 0 Å². The van der Waals surface area contributed by atoms with E-state index in [1.54, 1.807) is 0 Å². The molecule has 1 aromatic rings. The van der Waals surface area contributed by atoms with Crippen LogP contribution >= 0.6 is 0 Å². The van der Waals surface area contributed by atoms with Crippen molar-refractivity contribution in [2.24, 2.45) is 13.0 Å². The van der Waals surface area contributed by atoms with Gasteiger partial charge in [0.1, 0.15) is 0 Å². The molecule has 0 spiro atoms. The van der Waals surface area contributed by atoms with E-state index in [-0.39, 0.29) is 0 Å². The molecule has 7 heteroatoms. The molecule has 1 aromatic heterocycles. The van der Waals surface area contributed by atoms with E-state index in [2.05, 4.69) is 23.8 Å². The minimum Gasteiger partial charge on any atom is -0.383 e. The third-order valence-corrected chi connectivity index (χ3v) is 4.82. The highest BCUT2D eigenvalue weighted by Gasteiger charge is 2.44. The van der Waals surface area contributed by atoms with Crippen molar-refractivity contribution in [3.63, 3.8) is 0 Å². The van der Waals surface area contributed by atoms with Crippen LogP contribution in [0.15, 0.2) is 0 Å². The number of hydrogen-bond donors (Lipinski definition) is 1. The first-order valence-corrected chi connectivity index (χ1v) is 8.28. The number of piperidine rings is 1. The van der Waals surface area contributed by atoms with Crippen LogP contribution in [0.1, 0.15) is 43.6 Å². The van der Waals surface area contributed by atoms with Crippen molar-refractivity contribution in [3.8, 4) is 0 Å². The van der Waals surface area contributed by atoms with Gasteiger partial charge in [-0.25, -0.2) is 0 Å². The number of aliphatic hydroxyl groups is 1. The van der Waals surface area contributed by atoms with Gasteiger partial charge in [-0.15, -0.1) is 0 Å². The first-order valence-electron chi connectivity index (χ1n) is 8.28. The summed E-state index contributed by atoms with van der Waals surface area (Å²) < 4.78 is 39.7. The molecule has 1 aliphatic heterocycles. The Morgan fingerprint density at radius 1 is 1.22 bits per heavy atom. The monoisotopic (exact) mass is 333 g/mol. The summed E-state index contributed by atoms with van der Waals surface area (Å²) in [5.74, 6) is -0.684. The lowest BCUT2D eigenvalue weighted by molar-refractivity contribution is -0.223. The molecule has 1 aliphatic rings. The van der Waals surface area contributed by atoms with Crippen LogP contribution in [-0.4, -0.2) is 45.2 Å². The number of nitrogens with zero attached hydrogens (tertiary/aromatic N) is 3. The normalized spacial score (nSPS) is 19.3.